The predicted molar refractivity (Wildman–Crippen MR) is 89.7 cm³/mol. The number of amides is 1. The highest BCUT2D eigenvalue weighted by Gasteiger charge is 2.12. The molecule has 24 heavy (non-hydrogen) atoms. The first-order valence-corrected chi connectivity index (χ1v) is 7.70. The van der Waals surface area contributed by atoms with Gasteiger partial charge in [0.2, 0.25) is 0 Å². The summed E-state index contributed by atoms with van der Waals surface area (Å²) in [5.74, 6) is -0.546. The number of esters is 1. The van der Waals surface area contributed by atoms with Crippen molar-refractivity contribution in [2.75, 3.05) is 25.1 Å². The van der Waals surface area contributed by atoms with Crippen LogP contribution in [0.25, 0.3) is 11.3 Å². The zero-order valence-corrected chi connectivity index (χ0v) is 14.2. The van der Waals surface area contributed by atoms with Crippen LogP contribution >= 0.6 is 11.6 Å². The first-order chi connectivity index (χ1) is 11.5. The maximum absolute atomic E-state index is 11.8. The summed E-state index contributed by atoms with van der Waals surface area (Å²) in [4.78, 5) is 23.1. The van der Waals surface area contributed by atoms with Crippen molar-refractivity contribution in [3.8, 4) is 11.3 Å². The Labute approximate surface area is 144 Å². The summed E-state index contributed by atoms with van der Waals surface area (Å²) >= 11 is 5.86. The highest BCUT2D eigenvalue weighted by atomic mass is 35.5. The molecule has 0 fully saturated rings. The number of hydrogen-bond acceptors (Lipinski definition) is 5. The van der Waals surface area contributed by atoms with Gasteiger partial charge in [-0.15, -0.1) is 0 Å². The summed E-state index contributed by atoms with van der Waals surface area (Å²) in [5, 5.41) is 7.61. The second-order valence-corrected chi connectivity index (χ2v) is 5.33. The van der Waals surface area contributed by atoms with Crippen molar-refractivity contribution >= 4 is 29.3 Å². The lowest BCUT2D eigenvalue weighted by atomic mass is 10.1. The molecule has 0 bridgehead atoms. The minimum atomic E-state index is -0.584. The molecule has 0 unspecified atom stereocenters. The van der Waals surface area contributed by atoms with Crippen molar-refractivity contribution in [2.45, 2.75) is 6.92 Å². The molecule has 0 aliphatic heterocycles. The van der Waals surface area contributed by atoms with Gasteiger partial charge in [-0.2, -0.15) is 5.10 Å². The number of nitrogens with one attached hydrogen (secondary N) is 1. The standard InChI is InChI=1S/C16H18ClN3O4/c1-3-23-10-16(22)24-9-15(21)18-14-8-13(19-20(14)2)11-4-6-12(17)7-5-11/h4-8H,3,9-10H2,1-2H3,(H,18,21). The Kier molecular flexibility index (Phi) is 6.34. The van der Waals surface area contributed by atoms with Crippen molar-refractivity contribution < 1.29 is 19.1 Å². The molecule has 7 nitrogen and oxygen atoms in total. The molecular weight excluding hydrogens is 334 g/mol. The third kappa shape index (κ3) is 5.07. The monoisotopic (exact) mass is 351 g/mol. The summed E-state index contributed by atoms with van der Waals surface area (Å²) in [6, 6.07) is 8.93. The van der Waals surface area contributed by atoms with Crippen LogP contribution in [0.2, 0.25) is 5.02 Å². The molecular formula is C16H18ClN3O4. The van der Waals surface area contributed by atoms with E-state index in [1.165, 1.54) is 4.68 Å². The molecule has 0 saturated carbocycles. The molecule has 128 valence electrons. The number of aryl methyl sites for hydroxylation is 1. The molecule has 2 rings (SSSR count). The SMILES string of the molecule is CCOCC(=O)OCC(=O)Nc1cc(-c2ccc(Cl)cc2)nn1C. The molecule has 1 aromatic carbocycles. The number of ether oxygens (including phenoxy) is 2. The van der Waals surface area contributed by atoms with Gasteiger partial charge in [0.25, 0.3) is 5.91 Å². The number of carbonyl (C=O) groups is 2. The van der Waals surface area contributed by atoms with Crippen molar-refractivity contribution in [3.05, 3.63) is 35.4 Å². The average Bonchev–Trinajstić information content (AvgIpc) is 2.92. The fourth-order valence-electron chi connectivity index (χ4n) is 1.90. The topological polar surface area (TPSA) is 82.4 Å². The number of rotatable bonds is 7. The largest absolute Gasteiger partial charge is 0.454 e. The Morgan fingerprint density at radius 1 is 1.25 bits per heavy atom. The van der Waals surface area contributed by atoms with Crippen LogP contribution in [0.4, 0.5) is 5.82 Å². The van der Waals surface area contributed by atoms with Gasteiger partial charge in [-0.1, -0.05) is 23.7 Å². The normalized spacial score (nSPS) is 10.5. The molecule has 0 atom stereocenters. The van der Waals surface area contributed by atoms with Crippen molar-refractivity contribution in [3.63, 3.8) is 0 Å². The van der Waals surface area contributed by atoms with Crippen molar-refractivity contribution in [1.29, 1.82) is 0 Å². The molecule has 0 spiro atoms. The minimum absolute atomic E-state index is 0.170. The quantitative estimate of drug-likeness (QED) is 0.774. The Morgan fingerprint density at radius 2 is 1.96 bits per heavy atom. The van der Waals surface area contributed by atoms with Crippen LogP contribution in [0.5, 0.6) is 0 Å². The lowest BCUT2D eigenvalue weighted by Crippen LogP contribution is -2.23. The van der Waals surface area contributed by atoms with E-state index in [-0.39, 0.29) is 13.2 Å². The number of nitrogens with zero attached hydrogens (tertiary/aromatic N) is 2. The van der Waals surface area contributed by atoms with Gasteiger partial charge in [-0.25, -0.2) is 4.79 Å². The fourth-order valence-corrected chi connectivity index (χ4v) is 2.02. The third-order valence-corrected chi connectivity index (χ3v) is 3.33. The van der Waals surface area contributed by atoms with Crippen LogP contribution in [-0.4, -0.2) is 41.5 Å². The molecule has 0 aliphatic rings. The first kappa shape index (κ1) is 18.0. The highest BCUT2D eigenvalue weighted by Crippen LogP contribution is 2.22. The number of benzene rings is 1. The predicted octanol–water partition coefficient (Wildman–Crippen LogP) is 2.26. The molecule has 1 amide bonds. The van der Waals surface area contributed by atoms with E-state index in [2.05, 4.69) is 10.4 Å². The van der Waals surface area contributed by atoms with E-state index in [1.54, 1.807) is 32.2 Å². The van der Waals surface area contributed by atoms with Crippen LogP contribution in [-0.2, 0) is 26.1 Å². The van der Waals surface area contributed by atoms with Gasteiger partial charge in [-0.3, -0.25) is 9.48 Å². The van der Waals surface area contributed by atoms with Gasteiger partial charge in [0.05, 0.1) is 5.69 Å². The van der Waals surface area contributed by atoms with Crippen LogP contribution in [0.3, 0.4) is 0 Å². The van der Waals surface area contributed by atoms with E-state index >= 15 is 0 Å². The third-order valence-electron chi connectivity index (χ3n) is 3.08. The van der Waals surface area contributed by atoms with Gasteiger partial charge in [0.15, 0.2) is 6.61 Å². The van der Waals surface area contributed by atoms with Gasteiger partial charge < -0.3 is 14.8 Å². The van der Waals surface area contributed by atoms with Gasteiger partial charge in [0, 0.05) is 30.3 Å². The number of aromatic nitrogens is 2. The van der Waals surface area contributed by atoms with Crippen LogP contribution in [0, 0.1) is 0 Å². The van der Waals surface area contributed by atoms with E-state index in [0.29, 0.717) is 23.1 Å². The number of halogens is 1. The van der Waals surface area contributed by atoms with E-state index < -0.39 is 11.9 Å². The maximum Gasteiger partial charge on any atom is 0.332 e. The van der Waals surface area contributed by atoms with Crippen LogP contribution < -0.4 is 5.32 Å². The summed E-state index contributed by atoms with van der Waals surface area (Å²) in [5.41, 5.74) is 1.57. The van der Waals surface area contributed by atoms with Crippen LogP contribution in [0.1, 0.15) is 6.92 Å². The molecule has 1 heterocycles. The summed E-state index contributed by atoms with van der Waals surface area (Å²) in [6.45, 7) is 1.62. The lowest BCUT2D eigenvalue weighted by Gasteiger charge is -2.06. The average molecular weight is 352 g/mol. The number of anilines is 1. The Balaban J connectivity index is 1.94. The fraction of sp³-hybridized carbons (Fsp3) is 0.312. The number of hydrogen-bond donors (Lipinski definition) is 1. The van der Waals surface area contributed by atoms with E-state index in [4.69, 9.17) is 21.1 Å². The smallest absolute Gasteiger partial charge is 0.332 e. The van der Waals surface area contributed by atoms with Gasteiger partial charge in [-0.05, 0) is 19.1 Å². The Hall–Kier alpha value is -2.38. The zero-order valence-electron chi connectivity index (χ0n) is 13.4. The van der Waals surface area contributed by atoms with E-state index in [1.807, 2.05) is 12.1 Å². The van der Waals surface area contributed by atoms with Crippen LogP contribution in [0.15, 0.2) is 30.3 Å². The van der Waals surface area contributed by atoms with E-state index in [0.717, 1.165) is 5.56 Å². The molecule has 2 aromatic rings. The molecule has 0 saturated heterocycles. The first-order valence-electron chi connectivity index (χ1n) is 7.32. The van der Waals surface area contributed by atoms with Crippen molar-refractivity contribution in [1.82, 2.24) is 9.78 Å². The zero-order chi connectivity index (χ0) is 17.5. The Morgan fingerprint density at radius 3 is 2.62 bits per heavy atom. The molecule has 1 N–H and O–H groups in total. The maximum atomic E-state index is 11.8. The second-order valence-electron chi connectivity index (χ2n) is 4.89. The molecule has 0 aliphatic carbocycles. The summed E-state index contributed by atoms with van der Waals surface area (Å²) in [7, 11) is 1.70. The van der Waals surface area contributed by atoms with E-state index in [9.17, 15) is 9.59 Å². The van der Waals surface area contributed by atoms with Gasteiger partial charge in [0.1, 0.15) is 12.4 Å². The number of carbonyl (C=O) groups excluding carboxylic acids is 2. The summed E-state index contributed by atoms with van der Waals surface area (Å²) in [6.07, 6.45) is 0. The highest BCUT2D eigenvalue weighted by molar-refractivity contribution is 6.30. The Bertz CT molecular complexity index is 713. The van der Waals surface area contributed by atoms with Crippen molar-refractivity contribution in [2.24, 2.45) is 7.05 Å². The molecule has 8 heteroatoms. The lowest BCUT2D eigenvalue weighted by molar-refractivity contribution is -0.151. The molecule has 1 aromatic heterocycles. The van der Waals surface area contributed by atoms with Gasteiger partial charge >= 0.3 is 5.97 Å². The second kappa shape index (κ2) is 8.47. The molecule has 0 radical (unpaired) electrons. The summed E-state index contributed by atoms with van der Waals surface area (Å²) < 4.78 is 11.2. The minimum Gasteiger partial charge on any atom is -0.454 e.